The smallest absolute Gasteiger partial charge is 0.310 e. The van der Waals surface area contributed by atoms with Gasteiger partial charge in [0.2, 0.25) is 5.91 Å². The minimum atomic E-state index is -0.944. The molecule has 1 aromatic rings. The fraction of sp³-hybridized carbons (Fsp3) is 0.429. The van der Waals surface area contributed by atoms with Crippen LogP contribution in [0.2, 0.25) is 0 Å². The van der Waals surface area contributed by atoms with Gasteiger partial charge in [0.25, 0.3) is 0 Å². The summed E-state index contributed by atoms with van der Waals surface area (Å²) in [5.41, 5.74) is 0.683. The molecule has 20 heavy (non-hydrogen) atoms. The molecular formula is C14H14INO4. The van der Waals surface area contributed by atoms with Gasteiger partial charge in [0.05, 0.1) is 24.0 Å². The van der Waals surface area contributed by atoms with E-state index in [1.807, 2.05) is 24.3 Å². The average Bonchev–Trinajstić information content (AvgIpc) is 3.01. The zero-order chi connectivity index (χ0) is 14.3. The highest BCUT2D eigenvalue weighted by molar-refractivity contribution is 14.1. The molecule has 5 nitrogen and oxygen atoms in total. The molecule has 2 unspecified atom stereocenters. The van der Waals surface area contributed by atoms with Gasteiger partial charge in [0, 0.05) is 9.26 Å². The van der Waals surface area contributed by atoms with Gasteiger partial charge in [-0.05, 0) is 59.7 Å². The van der Waals surface area contributed by atoms with E-state index in [4.69, 9.17) is 4.74 Å². The number of hydrogen-bond acceptors (Lipinski definition) is 3. The molecule has 2 aliphatic rings. The average molecular weight is 387 g/mol. The number of carboxylic acid groups (broad SMARTS) is 1. The SMILES string of the molecule is O=C(O)C1C(C(=O)Nc2ccc(I)cc2)[C@H]2CC[C@@H]1O2. The van der Waals surface area contributed by atoms with Crippen molar-refractivity contribution in [3.8, 4) is 0 Å². The number of carboxylic acids is 1. The van der Waals surface area contributed by atoms with E-state index in [0.717, 1.165) is 16.4 Å². The van der Waals surface area contributed by atoms with E-state index < -0.39 is 17.8 Å². The minimum absolute atomic E-state index is 0.259. The number of aliphatic carboxylic acids is 1. The number of anilines is 1. The van der Waals surface area contributed by atoms with E-state index in [1.165, 1.54) is 0 Å². The van der Waals surface area contributed by atoms with Crippen LogP contribution in [0.1, 0.15) is 12.8 Å². The molecule has 106 valence electrons. The summed E-state index contributed by atoms with van der Waals surface area (Å²) in [4.78, 5) is 23.7. The summed E-state index contributed by atoms with van der Waals surface area (Å²) >= 11 is 2.18. The highest BCUT2D eigenvalue weighted by Gasteiger charge is 2.55. The van der Waals surface area contributed by atoms with Crippen molar-refractivity contribution in [2.75, 3.05) is 5.32 Å². The lowest BCUT2D eigenvalue weighted by Crippen LogP contribution is -2.40. The fourth-order valence-corrected chi connectivity index (χ4v) is 3.44. The van der Waals surface area contributed by atoms with Crippen LogP contribution in [0.15, 0.2) is 24.3 Å². The molecule has 2 bridgehead atoms. The van der Waals surface area contributed by atoms with Gasteiger partial charge in [-0.2, -0.15) is 0 Å². The van der Waals surface area contributed by atoms with Gasteiger partial charge in [-0.1, -0.05) is 0 Å². The Morgan fingerprint density at radius 3 is 2.35 bits per heavy atom. The third-order valence-corrected chi connectivity index (χ3v) is 4.69. The Kier molecular flexibility index (Phi) is 3.68. The van der Waals surface area contributed by atoms with Gasteiger partial charge in [0.1, 0.15) is 0 Å². The van der Waals surface area contributed by atoms with Crippen molar-refractivity contribution in [1.29, 1.82) is 0 Å². The second-order valence-corrected chi connectivity index (χ2v) is 6.42. The summed E-state index contributed by atoms with van der Waals surface area (Å²) in [6.07, 6.45) is 0.920. The van der Waals surface area contributed by atoms with Crippen LogP contribution in [-0.2, 0) is 14.3 Å². The van der Waals surface area contributed by atoms with Crippen molar-refractivity contribution < 1.29 is 19.4 Å². The summed E-state index contributed by atoms with van der Waals surface area (Å²) in [6, 6.07) is 7.40. The molecule has 0 spiro atoms. The van der Waals surface area contributed by atoms with Gasteiger partial charge in [-0.15, -0.1) is 0 Å². The molecule has 1 amide bonds. The van der Waals surface area contributed by atoms with Gasteiger partial charge in [-0.25, -0.2) is 0 Å². The molecule has 2 saturated heterocycles. The predicted molar refractivity (Wildman–Crippen MR) is 80.3 cm³/mol. The topological polar surface area (TPSA) is 75.6 Å². The lowest BCUT2D eigenvalue weighted by Gasteiger charge is -2.23. The molecule has 0 aliphatic carbocycles. The van der Waals surface area contributed by atoms with Crippen molar-refractivity contribution in [2.24, 2.45) is 11.8 Å². The highest BCUT2D eigenvalue weighted by atomic mass is 127. The number of amides is 1. The zero-order valence-electron chi connectivity index (χ0n) is 10.6. The largest absolute Gasteiger partial charge is 0.481 e. The first kappa shape index (κ1) is 13.8. The second kappa shape index (κ2) is 5.33. The van der Waals surface area contributed by atoms with Crippen LogP contribution < -0.4 is 5.32 Å². The van der Waals surface area contributed by atoms with Crippen LogP contribution in [0.5, 0.6) is 0 Å². The number of fused-ring (bicyclic) bond motifs is 2. The van der Waals surface area contributed by atoms with E-state index in [-0.39, 0.29) is 18.1 Å². The van der Waals surface area contributed by atoms with E-state index >= 15 is 0 Å². The zero-order valence-corrected chi connectivity index (χ0v) is 12.7. The minimum Gasteiger partial charge on any atom is -0.481 e. The standard InChI is InChI=1S/C14H14INO4/c15-7-1-3-8(4-2-7)16-13(17)11-9-5-6-10(20-9)12(11)14(18)19/h1-4,9-12H,5-6H2,(H,16,17)(H,18,19)/t9-,10+,11?,12?/m1/s1. The normalized spacial score (nSPS) is 31.2. The van der Waals surface area contributed by atoms with Crippen molar-refractivity contribution in [1.82, 2.24) is 0 Å². The Hall–Kier alpha value is -1.15. The first-order valence-corrected chi connectivity index (χ1v) is 7.59. The summed E-state index contributed by atoms with van der Waals surface area (Å²) in [5.74, 6) is -2.52. The van der Waals surface area contributed by atoms with Crippen molar-refractivity contribution in [3.05, 3.63) is 27.8 Å². The van der Waals surface area contributed by atoms with E-state index in [0.29, 0.717) is 5.69 Å². The number of ether oxygens (including phenoxy) is 1. The maximum atomic E-state index is 12.3. The Labute approximate surface area is 129 Å². The fourth-order valence-electron chi connectivity index (χ4n) is 3.08. The number of benzene rings is 1. The van der Waals surface area contributed by atoms with Gasteiger partial charge < -0.3 is 15.2 Å². The number of halogens is 1. The lowest BCUT2D eigenvalue weighted by molar-refractivity contribution is -0.147. The molecular weight excluding hydrogens is 373 g/mol. The highest BCUT2D eigenvalue weighted by Crippen LogP contribution is 2.44. The summed E-state index contributed by atoms with van der Waals surface area (Å²) in [6.45, 7) is 0. The van der Waals surface area contributed by atoms with Crippen LogP contribution in [0.25, 0.3) is 0 Å². The summed E-state index contributed by atoms with van der Waals surface area (Å²) < 4.78 is 6.67. The summed E-state index contributed by atoms with van der Waals surface area (Å²) in [7, 11) is 0. The molecule has 3 rings (SSSR count). The van der Waals surface area contributed by atoms with E-state index in [2.05, 4.69) is 27.9 Å². The number of hydrogen-bond donors (Lipinski definition) is 2. The molecule has 2 heterocycles. The Morgan fingerprint density at radius 2 is 1.75 bits per heavy atom. The van der Waals surface area contributed by atoms with Crippen LogP contribution in [-0.4, -0.2) is 29.2 Å². The van der Waals surface area contributed by atoms with Crippen molar-refractivity contribution >= 4 is 40.2 Å². The summed E-state index contributed by atoms with van der Waals surface area (Å²) in [5, 5.41) is 12.1. The second-order valence-electron chi connectivity index (χ2n) is 5.18. The maximum Gasteiger partial charge on any atom is 0.310 e. The molecule has 0 saturated carbocycles. The van der Waals surface area contributed by atoms with E-state index in [1.54, 1.807) is 0 Å². The Balaban J connectivity index is 1.76. The number of carbonyl (C=O) groups excluding carboxylic acids is 1. The molecule has 2 fully saturated rings. The Morgan fingerprint density at radius 1 is 1.15 bits per heavy atom. The van der Waals surface area contributed by atoms with Crippen LogP contribution in [0, 0.1) is 15.4 Å². The third-order valence-electron chi connectivity index (χ3n) is 3.97. The van der Waals surface area contributed by atoms with Crippen LogP contribution in [0.3, 0.4) is 0 Å². The number of nitrogens with one attached hydrogen (secondary N) is 1. The first-order chi connectivity index (χ1) is 9.56. The molecule has 1 aromatic carbocycles. The Bertz CT molecular complexity index is 545. The molecule has 0 radical (unpaired) electrons. The van der Waals surface area contributed by atoms with Gasteiger partial charge in [0.15, 0.2) is 0 Å². The van der Waals surface area contributed by atoms with Crippen LogP contribution >= 0.6 is 22.6 Å². The first-order valence-electron chi connectivity index (χ1n) is 6.51. The van der Waals surface area contributed by atoms with Crippen molar-refractivity contribution in [2.45, 2.75) is 25.0 Å². The maximum absolute atomic E-state index is 12.3. The lowest BCUT2D eigenvalue weighted by atomic mass is 9.78. The molecule has 2 aliphatic heterocycles. The third kappa shape index (κ3) is 2.42. The quantitative estimate of drug-likeness (QED) is 0.780. The van der Waals surface area contributed by atoms with E-state index in [9.17, 15) is 14.7 Å². The van der Waals surface area contributed by atoms with Crippen molar-refractivity contribution in [3.63, 3.8) is 0 Å². The van der Waals surface area contributed by atoms with Gasteiger partial charge >= 0.3 is 5.97 Å². The number of rotatable bonds is 3. The van der Waals surface area contributed by atoms with Gasteiger partial charge in [-0.3, -0.25) is 9.59 Å². The molecule has 6 heteroatoms. The number of carbonyl (C=O) groups is 2. The monoisotopic (exact) mass is 387 g/mol. The van der Waals surface area contributed by atoms with Crippen LogP contribution in [0.4, 0.5) is 5.69 Å². The molecule has 4 atom stereocenters. The predicted octanol–water partition coefficient (Wildman–Crippen LogP) is 2.11. The molecule has 0 aromatic heterocycles. The molecule has 2 N–H and O–H groups in total.